The third-order valence-corrected chi connectivity index (χ3v) is 13.6. The molecule has 0 radical (unpaired) electrons. The minimum Gasteiger partial charge on any atom is -0.478 e. The van der Waals surface area contributed by atoms with Crippen LogP contribution in [0.5, 0.6) is 5.75 Å². The third-order valence-electron chi connectivity index (χ3n) is 13.3. The fourth-order valence-corrected chi connectivity index (χ4v) is 10.0. The summed E-state index contributed by atoms with van der Waals surface area (Å²) in [4.78, 5) is 66.1. The fourth-order valence-electron chi connectivity index (χ4n) is 9.88. The Morgan fingerprint density at radius 1 is 0.984 bits per heavy atom. The van der Waals surface area contributed by atoms with Gasteiger partial charge in [0.2, 0.25) is 17.8 Å². The predicted molar refractivity (Wildman–Crippen MR) is 240 cm³/mol. The largest absolute Gasteiger partial charge is 0.478 e. The van der Waals surface area contributed by atoms with Gasteiger partial charge in [0.25, 0.3) is 11.5 Å². The van der Waals surface area contributed by atoms with Crippen LogP contribution in [0.2, 0.25) is 5.02 Å². The first-order valence-electron chi connectivity index (χ1n) is 21.7. The van der Waals surface area contributed by atoms with Crippen LogP contribution in [0.1, 0.15) is 70.0 Å². The number of hydrogen-bond donors (Lipinski definition) is 3. The van der Waals surface area contributed by atoms with Gasteiger partial charge in [-0.05, 0) is 94.3 Å². The zero-order chi connectivity index (χ0) is 43.3. The molecule has 5 aromatic rings. The highest BCUT2D eigenvalue weighted by Crippen LogP contribution is 2.48. The second-order valence-electron chi connectivity index (χ2n) is 17.8. The van der Waals surface area contributed by atoms with Crippen molar-refractivity contribution in [3.05, 3.63) is 69.7 Å². The summed E-state index contributed by atoms with van der Waals surface area (Å²) >= 11 is 6.62. The van der Waals surface area contributed by atoms with Gasteiger partial charge >= 0.3 is 0 Å². The second-order valence-corrected chi connectivity index (χ2v) is 18.2. The first-order valence-corrected chi connectivity index (χ1v) is 22.1. The molecule has 1 saturated carbocycles. The van der Waals surface area contributed by atoms with E-state index in [-0.39, 0.29) is 41.7 Å². The van der Waals surface area contributed by atoms with Crippen LogP contribution in [-0.2, 0) is 21.4 Å². The molecule has 6 heterocycles. The van der Waals surface area contributed by atoms with E-state index in [1.807, 2.05) is 43.8 Å². The number of nitrogens with one attached hydrogen (secondary N) is 3. The average Bonchev–Trinajstić information content (AvgIpc) is 3.58. The molecular weight excluding hydrogens is 810 g/mol. The number of hydrogen-bond acceptors (Lipinski definition) is 12. The molecular formula is C45H54ClN11O5. The number of halogens is 1. The molecule has 62 heavy (non-hydrogen) atoms. The number of likely N-dealkylation sites (N-methyl/N-ethyl adjacent to an activating group) is 1. The second kappa shape index (κ2) is 16.9. The van der Waals surface area contributed by atoms with Crippen molar-refractivity contribution in [3.63, 3.8) is 0 Å². The van der Waals surface area contributed by atoms with Gasteiger partial charge in [-0.3, -0.25) is 34.1 Å². The van der Waals surface area contributed by atoms with Crippen molar-refractivity contribution in [2.45, 2.75) is 64.3 Å². The lowest BCUT2D eigenvalue weighted by Crippen LogP contribution is -2.58. The van der Waals surface area contributed by atoms with Gasteiger partial charge in [0.15, 0.2) is 18.2 Å². The number of aromatic nitrogens is 5. The quantitative estimate of drug-likeness (QED) is 0.150. The summed E-state index contributed by atoms with van der Waals surface area (Å²) in [6.45, 7) is 10.4. The summed E-state index contributed by atoms with van der Waals surface area (Å²) in [5.74, 6) is 0.725. The minimum absolute atomic E-state index is 0.105. The average molecular weight is 864 g/mol. The Balaban J connectivity index is 0.771. The van der Waals surface area contributed by atoms with E-state index in [0.29, 0.717) is 41.0 Å². The maximum absolute atomic E-state index is 13.3. The van der Waals surface area contributed by atoms with Gasteiger partial charge in [0.1, 0.15) is 5.02 Å². The number of anilines is 4. The summed E-state index contributed by atoms with van der Waals surface area (Å²) in [5.41, 5.74) is 4.52. The number of carbonyl (C=O) groups is 3. The molecule has 1 spiro atoms. The Morgan fingerprint density at radius 3 is 2.48 bits per heavy atom. The lowest BCUT2D eigenvalue weighted by molar-refractivity contribution is -0.134. The Morgan fingerprint density at radius 2 is 1.76 bits per heavy atom. The van der Waals surface area contributed by atoms with Crippen molar-refractivity contribution in [1.29, 1.82) is 0 Å². The number of benzene rings is 2. The van der Waals surface area contributed by atoms with E-state index < -0.39 is 5.92 Å². The summed E-state index contributed by atoms with van der Waals surface area (Å²) in [6.07, 6.45) is 7.45. The number of piperidine rings is 1. The molecule has 4 aliphatic rings. The number of carbonyl (C=O) groups excluding carboxylic acids is 3. The predicted octanol–water partition coefficient (Wildman–Crippen LogP) is 5.12. The van der Waals surface area contributed by atoms with Crippen molar-refractivity contribution < 1.29 is 19.1 Å². The summed E-state index contributed by atoms with van der Waals surface area (Å²) < 4.78 is 9.16. The number of fused-ring (bicyclic) bond motifs is 2. The van der Waals surface area contributed by atoms with Crippen LogP contribution in [0, 0.1) is 11.3 Å². The number of rotatable bonds is 11. The molecule has 0 bridgehead atoms. The number of ether oxygens (including phenoxy) is 1. The van der Waals surface area contributed by atoms with Crippen molar-refractivity contribution in [1.82, 2.24) is 39.8 Å². The molecule has 326 valence electrons. The number of nitrogens with zero attached hydrogens (tertiary/aromatic N) is 8. The van der Waals surface area contributed by atoms with Crippen molar-refractivity contribution in [2.24, 2.45) is 18.4 Å². The van der Waals surface area contributed by atoms with E-state index in [9.17, 15) is 19.2 Å². The van der Waals surface area contributed by atoms with E-state index in [1.54, 1.807) is 16.8 Å². The smallest absolute Gasteiger partial charge is 0.293 e. The van der Waals surface area contributed by atoms with Gasteiger partial charge in [-0.2, -0.15) is 10.1 Å². The lowest BCUT2D eigenvalue weighted by atomic mass is 9.65. The lowest BCUT2D eigenvalue weighted by Gasteiger charge is -2.55. The van der Waals surface area contributed by atoms with Gasteiger partial charge in [-0.1, -0.05) is 11.6 Å². The molecule has 3 N–H and O–H groups in total. The standard InChI is InChI=1S/C45H54ClN11O5/c1-27(2)57-35-9-5-30(19-29(35)20-37(43(57)61)62-24-39(59)47-3)49-41-34(46)22-48-44(51-41)55-17-15-54(16-18-55)23-28-11-13-45(14-12-28)25-56(26-45)31-6-7-32-36(21-31)53(4)52-40(32)33-8-10-38(58)50-42(33)60/h5-7,9,19-22,27-28,33H,8,10-18,23-26H2,1-4H3,(H,47,59)(H,48,49,51)(H,50,58,60). The van der Waals surface area contributed by atoms with E-state index in [2.05, 4.69) is 53.8 Å². The van der Waals surface area contributed by atoms with Crippen LogP contribution in [0.25, 0.3) is 21.8 Å². The van der Waals surface area contributed by atoms with Crippen molar-refractivity contribution in [2.75, 3.05) is 74.6 Å². The molecule has 17 heteroatoms. The summed E-state index contributed by atoms with van der Waals surface area (Å²) in [7, 11) is 3.45. The van der Waals surface area contributed by atoms with Crippen LogP contribution in [0.3, 0.4) is 0 Å². The SMILES string of the molecule is CNC(=O)COc1cc2cc(Nc3nc(N4CCN(CC5CCC6(CC5)CN(c5ccc7c(C8CCC(=O)NC8=O)nn(C)c7c5)C6)CC4)ncc3Cl)ccc2n(C(C)C)c1=O. The third kappa shape index (κ3) is 8.17. The molecule has 3 amide bonds. The molecule has 9 rings (SSSR count). The highest BCUT2D eigenvalue weighted by Gasteiger charge is 2.45. The zero-order valence-electron chi connectivity index (χ0n) is 35.7. The van der Waals surface area contributed by atoms with Crippen molar-refractivity contribution in [3.8, 4) is 5.75 Å². The number of aryl methyl sites for hydroxylation is 1. The molecule has 1 atom stereocenters. The maximum Gasteiger partial charge on any atom is 0.293 e. The fraction of sp³-hybridized carbons (Fsp3) is 0.489. The first-order chi connectivity index (χ1) is 29.9. The molecule has 4 fully saturated rings. The Hall–Kier alpha value is -5.74. The topological polar surface area (TPSA) is 172 Å². The van der Waals surface area contributed by atoms with Crippen LogP contribution in [-0.4, -0.2) is 106 Å². The maximum atomic E-state index is 13.3. The molecule has 2 aromatic carbocycles. The highest BCUT2D eigenvalue weighted by molar-refractivity contribution is 6.33. The zero-order valence-corrected chi connectivity index (χ0v) is 36.5. The first kappa shape index (κ1) is 41.6. The van der Waals surface area contributed by atoms with E-state index in [4.69, 9.17) is 26.4 Å². The van der Waals surface area contributed by atoms with Crippen LogP contribution in [0.15, 0.2) is 53.5 Å². The van der Waals surface area contributed by atoms with Crippen molar-refractivity contribution >= 4 is 74.3 Å². The van der Waals surface area contributed by atoms with Gasteiger partial charge in [0.05, 0.1) is 28.8 Å². The summed E-state index contributed by atoms with van der Waals surface area (Å²) in [5, 5.41) is 15.2. The monoisotopic (exact) mass is 863 g/mol. The summed E-state index contributed by atoms with van der Waals surface area (Å²) in [6, 6.07) is 13.7. The van der Waals surface area contributed by atoms with Crippen LogP contribution >= 0.6 is 11.6 Å². The van der Waals surface area contributed by atoms with E-state index >= 15 is 0 Å². The van der Waals surface area contributed by atoms with Crippen LogP contribution in [0.4, 0.5) is 23.1 Å². The van der Waals surface area contributed by atoms with Gasteiger partial charge in [-0.15, -0.1) is 0 Å². The number of amides is 3. The number of piperazine rings is 1. The Labute approximate surface area is 364 Å². The van der Waals surface area contributed by atoms with Gasteiger partial charge in [-0.25, -0.2) is 4.98 Å². The molecule has 1 aliphatic carbocycles. The molecule has 3 saturated heterocycles. The number of pyridine rings is 1. The van der Waals surface area contributed by atoms with Gasteiger partial charge in [0, 0.05) is 99.9 Å². The Bertz CT molecular complexity index is 2600. The van der Waals surface area contributed by atoms with Crippen LogP contribution < -0.4 is 36.0 Å². The molecule has 3 aliphatic heterocycles. The molecule has 1 unspecified atom stereocenters. The normalized spacial score (nSPS) is 19.6. The van der Waals surface area contributed by atoms with E-state index in [1.165, 1.54) is 38.4 Å². The van der Waals surface area contributed by atoms with E-state index in [0.717, 1.165) is 79.0 Å². The Kier molecular flexibility index (Phi) is 11.3. The number of imide groups is 1. The van der Waals surface area contributed by atoms with Gasteiger partial charge < -0.3 is 29.7 Å². The minimum atomic E-state index is -0.400. The molecule has 3 aromatic heterocycles. The highest BCUT2D eigenvalue weighted by atomic mass is 35.5. The molecule has 16 nitrogen and oxygen atoms in total.